The van der Waals surface area contributed by atoms with Gasteiger partial charge in [-0.25, -0.2) is 4.79 Å². The Balaban J connectivity index is 1.39. The molecule has 2 aliphatic heterocycles. The molecule has 5 atom stereocenters. The fourth-order valence-electron chi connectivity index (χ4n) is 6.13. The number of aromatic nitrogens is 2. The Labute approximate surface area is 266 Å². The normalized spacial score (nSPS) is 23.2. The van der Waals surface area contributed by atoms with Crippen LogP contribution in [0.4, 0.5) is 0 Å². The topological polar surface area (TPSA) is 130 Å². The molecule has 0 unspecified atom stereocenters. The van der Waals surface area contributed by atoms with Crippen LogP contribution in [0.15, 0.2) is 101 Å². The van der Waals surface area contributed by atoms with Gasteiger partial charge >= 0.3 is 5.69 Å². The first-order valence-corrected chi connectivity index (χ1v) is 15.3. The van der Waals surface area contributed by atoms with E-state index in [0.29, 0.717) is 24.5 Å². The molecule has 2 fully saturated rings. The first kappa shape index (κ1) is 31.7. The maximum absolute atomic E-state index is 12.9. The average molecular weight is 631 g/mol. The van der Waals surface area contributed by atoms with Gasteiger partial charge in [0.05, 0.1) is 20.8 Å². The van der Waals surface area contributed by atoms with Crippen LogP contribution in [-0.4, -0.2) is 66.7 Å². The van der Waals surface area contributed by atoms with Crippen LogP contribution >= 0.6 is 0 Å². The maximum atomic E-state index is 12.9. The molecule has 46 heavy (non-hydrogen) atoms. The molecule has 0 aliphatic carbocycles. The van der Waals surface area contributed by atoms with Crippen LogP contribution in [0.2, 0.25) is 0 Å². The Morgan fingerprint density at radius 1 is 0.870 bits per heavy atom. The first-order chi connectivity index (χ1) is 22.4. The standard InChI is InChI=1S/C35H38N2O9/c1-41-26-15-11-24(12-16-26)35(23-8-4-3-5-9-23,25-13-17-27(42-2)18-14-25)44-22-28-31(39)32(46-30-10-6-7-21-43-30)33(45-28)37-20-19-29(38)36-34(37)40/h3-5,8-9,11-20,28,30-33,39H,6-7,10,21-22H2,1-2H3,(H,36,38,40)/t28-,30-,31+,32-,33-/m1/s1. The Bertz CT molecular complexity index is 1630. The summed E-state index contributed by atoms with van der Waals surface area (Å²) in [4.78, 5) is 27.0. The minimum absolute atomic E-state index is 0.0892. The van der Waals surface area contributed by atoms with E-state index in [9.17, 15) is 14.7 Å². The molecule has 11 nitrogen and oxygen atoms in total. The second kappa shape index (κ2) is 14.0. The largest absolute Gasteiger partial charge is 0.497 e. The predicted molar refractivity (Wildman–Crippen MR) is 168 cm³/mol. The number of aliphatic hydroxyl groups is 1. The number of nitrogens with zero attached hydrogens (tertiary/aromatic N) is 1. The van der Waals surface area contributed by atoms with Crippen molar-refractivity contribution in [3.8, 4) is 11.5 Å². The summed E-state index contributed by atoms with van der Waals surface area (Å²) in [6.45, 7) is 0.446. The average Bonchev–Trinajstić information content (AvgIpc) is 3.40. The lowest BCUT2D eigenvalue weighted by molar-refractivity contribution is -0.215. The highest BCUT2D eigenvalue weighted by molar-refractivity contribution is 5.49. The molecule has 4 aromatic rings. The van der Waals surface area contributed by atoms with Crippen molar-refractivity contribution in [2.75, 3.05) is 27.4 Å². The zero-order chi connectivity index (χ0) is 32.1. The molecule has 1 aromatic heterocycles. The van der Waals surface area contributed by atoms with Gasteiger partial charge in [0.25, 0.3) is 5.56 Å². The van der Waals surface area contributed by atoms with Gasteiger partial charge in [-0.3, -0.25) is 14.3 Å². The zero-order valence-corrected chi connectivity index (χ0v) is 25.7. The summed E-state index contributed by atoms with van der Waals surface area (Å²) in [7, 11) is 3.22. The fraction of sp³-hybridized carbons (Fsp3) is 0.371. The van der Waals surface area contributed by atoms with Crippen LogP contribution in [0.5, 0.6) is 11.5 Å². The molecule has 2 aliphatic rings. The smallest absolute Gasteiger partial charge is 0.330 e. The van der Waals surface area contributed by atoms with E-state index in [1.807, 2.05) is 78.9 Å². The van der Waals surface area contributed by atoms with E-state index in [2.05, 4.69) is 4.98 Å². The van der Waals surface area contributed by atoms with Crippen molar-refractivity contribution >= 4 is 0 Å². The number of nitrogens with one attached hydrogen (secondary N) is 1. The quantitative estimate of drug-likeness (QED) is 0.238. The molecule has 242 valence electrons. The number of benzene rings is 3. The van der Waals surface area contributed by atoms with E-state index in [4.69, 9.17) is 28.4 Å². The van der Waals surface area contributed by atoms with E-state index < -0.39 is 47.7 Å². The molecule has 0 saturated carbocycles. The zero-order valence-electron chi connectivity index (χ0n) is 25.7. The predicted octanol–water partition coefficient (Wildman–Crippen LogP) is 3.73. The lowest BCUT2D eigenvalue weighted by Crippen LogP contribution is -2.43. The number of hydrogen-bond donors (Lipinski definition) is 2. The third kappa shape index (κ3) is 6.37. The number of aromatic amines is 1. The van der Waals surface area contributed by atoms with Crippen LogP contribution < -0.4 is 20.7 Å². The first-order valence-electron chi connectivity index (χ1n) is 15.3. The Morgan fingerprint density at radius 2 is 1.50 bits per heavy atom. The lowest BCUT2D eigenvalue weighted by Gasteiger charge is -2.37. The molecular weight excluding hydrogens is 592 g/mol. The number of hydrogen-bond acceptors (Lipinski definition) is 9. The summed E-state index contributed by atoms with van der Waals surface area (Å²) in [6.07, 6.45) is -0.910. The summed E-state index contributed by atoms with van der Waals surface area (Å²) in [6, 6.07) is 26.2. The van der Waals surface area contributed by atoms with Gasteiger partial charge in [0.2, 0.25) is 0 Å². The van der Waals surface area contributed by atoms with Crippen molar-refractivity contribution in [3.63, 3.8) is 0 Å². The van der Waals surface area contributed by atoms with Gasteiger partial charge in [-0.1, -0.05) is 54.6 Å². The summed E-state index contributed by atoms with van der Waals surface area (Å²) in [5.41, 5.74) is 0.0926. The maximum Gasteiger partial charge on any atom is 0.330 e. The van der Waals surface area contributed by atoms with Crippen LogP contribution in [0.3, 0.4) is 0 Å². The molecule has 0 bridgehead atoms. The molecule has 0 radical (unpaired) electrons. The molecule has 11 heteroatoms. The van der Waals surface area contributed by atoms with Gasteiger partial charge < -0.3 is 33.5 Å². The van der Waals surface area contributed by atoms with E-state index >= 15 is 0 Å². The van der Waals surface area contributed by atoms with Crippen molar-refractivity contribution in [1.29, 1.82) is 0 Å². The third-order valence-electron chi connectivity index (χ3n) is 8.52. The molecular formula is C35H38N2O9. The number of rotatable bonds is 11. The van der Waals surface area contributed by atoms with E-state index in [-0.39, 0.29) is 6.61 Å². The van der Waals surface area contributed by atoms with Crippen molar-refractivity contribution in [3.05, 3.63) is 129 Å². The van der Waals surface area contributed by atoms with E-state index in [1.165, 1.54) is 16.8 Å². The van der Waals surface area contributed by atoms with Crippen molar-refractivity contribution < 1.29 is 33.5 Å². The van der Waals surface area contributed by atoms with Gasteiger partial charge in [-0.05, 0) is 60.2 Å². The SMILES string of the molecule is COc1ccc(C(OC[C@H]2O[C@@H](n3ccc(=O)[nH]c3=O)[C@H](O[C@@H]3CCCCO3)[C@H]2O)(c2ccccc2)c2ccc(OC)cc2)cc1. The fourth-order valence-corrected chi connectivity index (χ4v) is 6.13. The van der Waals surface area contributed by atoms with E-state index in [0.717, 1.165) is 29.5 Å². The monoisotopic (exact) mass is 630 g/mol. The van der Waals surface area contributed by atoms with Gasteiger partial charge in [-0.15, -0.1) is 0 Å². The highest BCUT2D eigenvalue weighted by atomic mass is 16.7. The minimum atomic E-state index is -1.20. The number of H-pyrrole nitrogens is 1. The van der Waals surface area contributed by atoms with Crippen molar-refractivity contribution in [1.82, 2.24) is 9.55 Å². The molecule has 3 aromatic carbocycles. The number of aliphatic hydroxyl groups excluding tert-OH is 1. The second-order valence-corrected chi connectivity index (χ2v) is 11.3. The molecule has 3 heterocycles. The van der Waals surface area contributed by atoms with Gasteiger partial charge in [0.1, 0.15) is 35.4 Å². The van der Waals surface area contributed by atoms with Crippen molar-refractivity contribution in [2.45, 2.75) is 55.7 Å². The number of methoxy groups -OCH3 is 2. The molecule has 0 amide bonds. The molecule has 0 spiro atoms. The van der Waals surface area contributed by atoms with E-state index in [1.54, 1.807) is 14.2 Å². The summed E-state index contributed by atoms with van der Waals surface area (Å²) < 4.78 is 37.5. The third-order valence-corrected chi connectivity index (χ3v) is 8.52. The summed E-state index contributed by atoms with van der Waals surface area (Å²) >= 11 is 0. The highest BCUT2D eigenvalue weighted by Gasteiger charge is 2.49. The molecule has 2 N–H and O–H groups in total. The van der Waals surface area contributed by atoms with Crippen LogP contribution in [0.25, 0.3) is 0 Å². The number of ether oxygens (including phenoxy) is 6. The van der Waals surface area contributed by atoms with Gasteiger partial charge in [0, 0.05) is 18.9 Å². The van der Waals surface area contributed by atoms with Crippen LogP contribution in [0.1, 0.15) is 42.2 Å². The summed E-state index contributed by atoms with van der Waals surface area (Å²) in [5, 5.41) is 11.7. The second-order valence-electron chi connectivity index (χ2n) is 11.3. The van der Waals surface area contributed by atoms with Crippen molar-refractivity contribution in [2.24, 2.45) is 0 Å². The van der Waals surface area contributed by atoms with Crippen LogP contribution in [0, 0.1) is 0 Å². The highest BCUT2D eigenvalue weighted by Crippen LogP contribution is 2.43. The molecule has 6 rings (SSSR count). The Hall–Kier alpha value is -4.26. The van der Waals surface area contributed by atoms with Crippen LogP contribution in [-0.2, 0) is 24.5 Å². The minimum Gasteiger partial charge on any atom is -0.497 e. The molecule has 2 saturated heterocycles. The van der Waals surface area contributed by atoms with Gasteiger partial charge in [-0.2, -0.15) is 0 Å². The van der Waals surface area contributed by atoms with Gasteiger partial charge in [0.15, 0.2) is 12.5 Å². The Morgan fingerprint density at radius 3 is 2.07 bits per heavy atom. The lowest BCUT2D eigenvalue weighted by atomic mass is 9.80. The summed E-state index contributed by atoms with van der Waals surface area (Å²) in [5.74, 6) is 1.38. The Kier molecular flexibility index (Phi) is 9.67.